The van der Waals surface area contributed by atoms with Crippen LogP contribution in [0.3, 0.4) is 0 Å². The van der Waals surface area contributed by atoms with Crippen molar-refractivity contribution in [1.82, 2.24) is 15.5 Å². The molecule has 0 radical (unpaired) electrons. The fraction of sp³-hybridized carbons (Fsp3) is 0.933. The Labute approximate surface area is 124 Å². The first-order valence-electron chi connectivity index (χ1n) is 8.11. The molecule has 0 bridgehead atoms. The monoisotopic (exact) mass is 284 g/mol. The zero-order chi connectivity index (χ0) is 14.5. The molecule has 0 aromatic heterocycles. The van der Waals surface area contributed by atoms with Crippen LogP contribution in [-0.4, -0.2) is 63.8 Å². The molecule has 118 valence electrons. The predicted octanol–water partition coefficient (Wildman–Crippen LogP) is 1.45. The number of guanidine groups is 1. The minimum absolute atomic E-state index is 0.743. The number of rotatable bonds is 9. The molecule has 0 spiro atoms. The number of hydrogen-bond donors (Lipinski definition) is 2. The van der Waals surface area contributed by atoms with Crippen molar-refractivity contribution in [3.63, 3.8) is 0 Å². The van der Waals surface area contributed by atoms with E-state index in [1.165, 1.54) is 38.8 Å². The summed E-state index contributed by atoms with van der Waals surface area (Å²) in [6.45, 7) is 9.15. The molecule has 1 saturated heterocycles. The Morgan fingerprint density at radius 1 is 1.10 bits per heavy atom. The average Bonchev–Trinajstić information content (AvgIpc) is 2.50. The Kier molecular flexibility index (Phi) is 10.3. The minimum Gasteiger partial charge on any atom is -0.380 e. The van der Waals surface area contributed by atoms with Crippen molar-refractivity contribution in [2.75, 3.05) is 53.0 Å². The van der Waals surface area contributed by atoms with Gasteiger partial charge in [0.25, 0.3) is 0 Å². The van der Waals surface area contributed by atoms with Crippen LogP contribution in [0.15, 0.2) is 4.99 Å². The van der Waals surface area contributed by atoms with E-state index in [0.717, 1.165) is 45.2 Å². The normalized spacial score (nSPS) is 17.2. The van der Waals surface area contributed by atoms with Crippen LogP contribution >= 0.6 is 0 Å². The Bertz CT molecular complexity index is 252. The summed E-state index contributed by atoms with van der Waals surface area (Å²) in [6, 6.07) is 0. The average molecular weight is 284 g/mol. The maximum atomic E-state index is 5.52. The molecule has 2 N–H and O–H groups in total. The van der Waals surface area contributed by atoms with Gasteiger partial charge in [-0.15, -0.1) is 0 Å². The molecule has 0 aromatic rings. The van der Waals surface area contributed by atoms with Crippen molar-refractivity contribution in [3.05, 3.63) is 0 Å². The standard InChI is InChI=1S/C15H32N4O/c1-3-4-13-20-14-9-18-15(16-2)17-8-12-19-10-6-5-7-11-19/h3-14H2,1-2H3,(H2,16,17,18). The number of ether oxygens (including phenoxy) is 1. The molecule has 1 aliphatic rings. The van der Waals surface area contributed by atoms with Gasteiger partial charge in [0.2, 0.25) is 0 Å². The third kappa shape index (κ3) is 8.38. The third-order valence-electron chi connectivity index (χ3n) is 3.57. The van der Waals surface area contributed by atoms with Gasteiger partial charge in [-0.2, -0.15) is 0 Å². The maximum absolute atomic E-state index is 5.52. The zero-order valence-electron chi connectivity index (χ0n) is 13.3. The fourth-order valence-electron chi connectivity index (χ4n) is 2.33. The van der Waals surface area contributed by atoms with E-state index < -0.39 is 0 Å². The van der Waals surface area contributed by atoms with Gasteiger partial charge in [-0.05, 0) is 32.4 Å². The maximum Gasteiger partial charge on any atom is 0.191 e. The molecular formula is C15H32N4O. The smallest absolute Gasteiger partial charge is 0.191 e. The zero-order valence-corrected chi connectivity index (χ0v) is 13.3. The number of nitrogens with zero attached hydrogens (tertiary/aromatic N) is 2. The summed E-state index contributed by atoms with van der Waals surface area (Å²) < 4.78 is 5.52. The molecular weight excluding hydrogens is 252 g/mol. The molecule has 0 unspecified atom stereocenters. The lowest BCUT2D eigenvalue weighted by Crippen LogP contribution is -2.43. The van der Waals surface area contributed by atoms with E-state index >= 15 is 0 Å². The lowest BCUT2D eigenvalue weighted by Gasteiger charge is -2.26. The van der Waals surface area contributed by atoms with Crippen molar-refractivity contribution in [3.8, 4) is 0 Å². The SMILES string of the molecule is CCCCOCCNC(=NC)NCCN1CCCCC1. The minimum atomic E-state index is 0.743. The molecule has 5 heteroatoms. The number of aliphatic imine (C=N–C) groups is 1. The van der Waals surface area contributed by atoms with Crippen LogP contribution < -0.4 is 10.6 Å². The highest BCUT2D eigenvalue weighted by atomic mass is 16.5. The number of likely N-dealkylation sites (tertiary alicyclic amines) is 1. The second-order valence-corrected chi connectivity index (χ2v) is 5.29. The van der Waals surface area contributed by atoms with E-state index in [1.54, 1.807) is 0 Å². The molecule has 5 nitrogen and oxygen atoms in total. The van der Waals surface area contributed by atoms with E-state index in [9.17, 15) is 0 Å². The fourth-order valence-corrected chi connectivity index (χ4v) is 2.33. The Morgan fingerprint density at radius 3 is 2.55 bits per heavy atom. The van der Waals surface area contributed by atoms with Gasteiger partial charge in [0, 0.05) is 33.3 Å². The summed E-state index contributed by atoms with van der Waals surface area (Å²) in [6.07, 6.45) is 6.42. The van der Waals surface area contributed by atoms with Crippen LogP contribution in [0.4, 0.5) is 0 Å². The molecule has 0 aromatic carbocycles. The molecule has 0 atom stereocenters. The van der Waals surface area contributed by atoms with Crippen LogP contribution in [0.2, 0.25) is 0 Å². The summed E-state index contributed by atoms with van der Waals surface area (Å²) in [7, 11) is 1.81. The van der Waals surface area contributed by atoms with Crippen molar-refractivity contribution < 1.29 is 4.74 Å². The second kappa shape index (κ2) is 12.0. The first-order chi connectivity index (χ1) is 9.86. The summed E-state index contributed by atoms with van der Waals surface area (Å²) in [5.74, 6) is 0.876. The molecule has 0 aliphatic carbocycles. The number of unbranched alkanes of at least 4 members (excludes halogenated alkanes) is 1. The largest absolute Gasteiger partial charge is 0.380 e. The number of hydrogen-bond acceptors (Lipinski definition) is 3. The highest BCUT2D eigenvalue weighted by Crippen LogP contribution is 2.07. The van der Waals surface area contributed by atoms with Gasteiger partial charge in [0.05, 0.1) is 6.61 Å². The summed E-state index contributed by atoms with van der Waals surface area (Å²) in [5.41, 5.74) is 0. The molecule has 1 heterocycles. The topological polar surface area (TPSA) is 48.9 Å². The van der Waals surface area contributed by atoms with E-state index in [1.807, 2.05) is 7.05 Å². The van der Waals surface area contributed by atoms with Gasteiger partial charge in [-0.25, -0.2) is 0 Å². The number of nitrogens with one attached hydrogen (secondary N) is 2. The van der Waals surface area contributed by atoms with Crippen molar-refractivity contribution >= 4 is 5.96 Å². The van der Waals surface area contributed by atoms with Gasteiger partial charge in [0.1, 0.15) is 0 Å². The van der Waals surface area contributed by atoms with E-state index in [2.05, 4.69) is 27.4 Å². The highest BCUT2D eigenvalue weighted by Gasteiger charge is 2.09. The van der Waals surface area contributed by atoms with Gasteiger partial charge in [-0.3, -0.25) is 4.99 Å². The molecule has 0 amide bonds. The Morgan fingerprint density at radius 2 is 1.85 bits per heavy atom. The molecule has 1 fully saturated rings. The quantitative estimate of drug-likeness (QED) is 0.382. The van der Waals surface area contributed by atoms with Crippen LogP contribution in [0, 0.1) is 0 Å². The van der Waals surface area contributed by atoms with E-state index in [-0.39, 0.29) is 0 Å². The van der Waals surface area contributed by atoms with Crippen LogP contribution in [0.5, 0.6) is 0 Å². The van der Waals surface area contributed by atoms with E-state index in [4.69, 9.17) is 4.74 Å². The van der Waals surface area contributed by atoms with Gasteiger partial charge in [-0.1, -0.05) is 19.8 Å². The third-order valence-corrected chi connectivity index (χ3v) is 3.57. The first-order valence-corrected chi connectivity index (χ1v) is 8.11. The van der Waals surface area contributed by atoms with Crippen LogP contribution in [-0.2, 0) is 4.74 Å². The second-order valence-electron chi connectivity index (χ2n) is 5.29. The Hall–Kier alpha value is -0.810. The lowest BCUT2D eigenvalue weighted by molar-refractivity contribution is 0.136. The van der Waals surface area contributed by atoms with Gasteiger partial charge < -0.3 is 20.3 Å². The van der Waals surface area contributed by atoms with Crippen molar-refractivity contribution in [1.29, 1.82) is 0 Å². The van der Waals surface area contributed by atoms with Crippen LogP contribution in [0.1, 0.15) is 39.0 Å². The van der Waals surface area contributed by atoms with Crippen molar-refractivity contribution in [2.45, 2.75) is 39.0 Å². The highest BCUT2D eigenvalue weighted by molar-refractivity contribution is 5.79. The van der Waals surface area contributed by atoms with Crippen LogP contribution in [0.25, 0.3) is 0 Å². The van der Waals surface area contributed by atoms with E-state index in [0.29, 0.717) is 0 Å². The summed E-state index contributed by atoms with van der Waals surface area (Å²) in [4.78, 5) is 6.75. The van der Waals surface area contributed by atoms with Gasteiger partial charge >= 0.3 is 0 Å². The molecule has 20 heavy (non-hydrogen) atoms. The first kappa shape index (κ1) is 17.2. The molecule has 0 saturated carbocycles. The molecule has 1 rings (SSSR count). The van der Waals surface area contributed by atoms with Gasteiger partial charge in [0.15, 0.2) is 5.96 Å². The predicted molar refractivity (Wildman–Crippen MR) is 85.4 cm³/mol. The Balaban J connectivity index is 1.98. The number of piperidine rings is 1. The summed E-state index contributed by atoms with van der Waals surface area (Å²) >= 11 is 0. The molecule has 1 aliphatic heterocycles. The van der Waals surface area contributed by atoms with Crippen molar-refractivity contribution in [2.24, 2.45) is 4.99 Å². The summed E-state index contributed by atoms with van der Waals surface area (Å²) in [5, 5.41) is 6.64. The lowest BCUT2D eigenvalue weighted by atomic mass is 10.1.